The Hall–Kier alpha value is -6.18. The van der Waals surface area contributed by atoms with Crippen LogP contribution in [0.2, 0.25) is 0 Å². The minimum Gasteiger partial charge on any atom is -0.238 e. The normalized spacial score (nSPS) is 12.6. The second-order valence-electron chi connectivity index (χ2n) is 12.4. The molecule has 47 heavy (non-hydrogen) atoms. The molecule has 1 aliphatic rings. The monoisotopic (exact) mass is 602 g/mol. The Bertz CT molecular complexity index is 2320. The lowest BCUT2D eigenvalue weighted by atomic mass is 9.82. The average molecular weight is 603 g/mol. The van der Waals surface area contributed by atoms with Gasteiger partial charge in [0.25, 0.3) is 0 Å². The van der Waals surface area contributed by atoms with E-state index in [4.69, 9.17) is 21.5 Å². The van der Waals surface area contributed by atoms with E-state index in [1.54, 1.807) is 0 Å². The van der Waals surface area contributed by atoms with Gasteiger partial charge < -0.3 is 0 Å². The first-order valence-electron chi connectivity index (χ1n) is 15.7. The van der Waals surface area contributed by atoms with Gasteiger partial charge in [0.05, 0.1) is 6.57 Å². The Morgan fingerprint density at radius 2 is 0.979 bits per heavy atom. The van der Waals surface area contributed by atoms with Gasteiger partial charge in [0.15, 0.2) is 23.2 Å². The van der Waals surface area contributed by atoms with Gasteiger partial charge in [0.1, 0.15) is 0 Å². The molecule has 0 radical (unpaired) electrons. The first-order valence-corrected chi connectivity index (χ1v) is 15.7. The van der Waals surface area contributed by atoms with Crippen LogP contribution in [-0.2, 0) is 5.41 Å². The van der Waals surface area contributed by atoms with Crippen LogP contribution in [0.15, 0.2) is 146 Å². The zero-order chi connectivity index (χ0) is 32.0. The topological polar surface area (TPSA) is 43.0 Å². The van der Waals surface area contributed by atoms with Crippen LogP contribution >= 0.6 is 0 Å². The minimum atomic E-state index is -0.164. The van der Waals surface area contributed by atoms with Crippen molar-refractivity contribution in [2.75, 3.05) is 0 Å². The summed E-state index contributed by atoms with van der Waals surface area (Å²) in [5.74, 6) is 1.87. The van der Waals surface area contributed by atoms with Crippen molar-refractivity contribution < 1.29 is 0 Å². The van der Waals surface area contributed by atoms with Crippen LogP contribution in [0.25, 0.3) is 72.4 Å². The molecule has 1 aliphatic carbocycles. The Morgan fingerprint density at radius 1 is 0.447 bits per heavy atom. The van der Waals surface area contributed by atoms with Crippen molar-refractivity contribution in [1.29, 1.82) is 0 Å². The van der Waals surface area contributed by atoms with Gasteiger partial charge in [0.2, 0.25) is 0 Å². The van der Waals surface area contributed by atoms with Gasteiger partial charge >= 0.3 is 0 Å². The second kappa shape index (κ2) is 11.3. The van der Waals surface area contributed by atoms with Crippen LogP contribution in [0.5, 0.6) is 0 Å². The lowest BCUT2D eigenvalue weighted by molar-refractivity contribution is 0.660. The zero-order valence-electron chi connectivity index (χ0n) is 26.1. The van der Waals surface area contributed by atoms with Crippen molar-refractivity contribution in [2.24, 2.45) is 0 Å². The number of nitrogens with zero attached hydrogens (tertiary/aromatic N) is 4. The van der Waals surface area contributed by atoms with Crippen molar-refractivity contribution >= 4 is 5.69 Å². The summed E-state index contributed by atoms with van der Waals surface area (Å²) in [6.45, 7) is 12.2. The minimum absolute atomic E-state index is 0.164. The zero-order valence-corrected chi connectivity index (χ0v) is 26.1. The van der Waals surface area contributed by atoms with Crippen LogP contribution in [-0.4, -0.2) is 15.0 Å². The fourth-order valence-corrected chi connectivity index (χ4v) is 6.72. The van der Waals surface area contributed by atoms with E-state index in [0.717, 1.165) is 38.9 Å². The highest BCUT2D eigenvalue weighted by atomic mass is 15.0. The summed E-state index contributed by atoms with van der Waals surface area (Å²) in [4.78, 5) is 18.7. The Morgan fingerprint density at radius 3 is 1.66 bits per heavy atom. The number of benzene rings is 6. The van der Waals surface area contributed by atoms with E-state index >= 15 is 0 Å². The summed E-state index contributed by atoms with van der Waals surface area (Å²) >= 11 is 0. The molecule has 4 nitrogen and oxygen atoms in total. The molecule has 4 heteroatoms. The third kappa shape index (κ3) is 4.99. The maximum atomic E-state index is 7.65. The van der Waals surface area contributed by atoms with Crippen molar-refractivity contribution in [3.8, 4) is 67.5 Å². The molecule has 0 atom stereocenters. The SMILES string of the molecule is [C-]#[N+]c1ccc2c(c1)-c1c(-c3cccc(-c4nc(-c5ccccc5)nc(-c5ccc(-c6ccccc6)cc5)n4)c3)cccc1C2(C)C. The van der Waals surface area contributed by atoms with Crippen LogP contribution < -0.4 is 0 Å². The predicted octanol–water partition coefficient (Wildman–Crippen LogP) is 11.1. The largest absolute Gasteiger partial charge is 0.238 e. The number of aromatic nitrogens is 3. The number of rotatable bonds is 5. The predicted molar refractivity (Wildman–Crippen MR) is 191 cm³/mol. The lowest BCUT2D eigenvalue weighted by Gasteiger charge is -2.21. The van der Waals surface area contributed by atoms with Crippen LogP contribution in [0.3, 0.4) is 0 Å². The first kappa shape index (κ1) is 28.3. The molecular formula is C43H30N4. The Labute approximate surface area is 274 Å². The highest BCUT2D eigenvalue weighted by Gasteiger charge is 2.36. The highest BCUT2D eigenvalue weighted by Crippen LogP contribution is 2.53. The van der Waals surface area contributed by atoms with Gasteiger partial charge in [-0.05, 0) is 56.6 Å². The highest BCUT2D eigenvalue weighted by molar-refractivity contribution is 5.94. The standard InChI is InChI=1S/C43H30N4/c1-43(2)37-25-24-34(44-3)27-36(37)39-35(18-11-19-38(39)43)32-16-10-17-33(26-32)42-46-40(30-14-8-5-9-15-30)45-41(47-42)31-22-20-29(21-23-31)28-12-6-4-7-13-28/h4-27H,1-2H3. The van der Waals surface area contributed by atoms with E-state index < -0.39 is 0 Å². The molecule has 1 heterocycles. The fraction of sp³-hybridized carbons (Fsp3) is 0.0698. The molecule has 0 N–H and O–H groups in total. The molecule has 7 aromatic rings. The van der Waals surface area contributed by atoms with Crippen molar-refractivity contribution in [1.82, 2.24) is 15.0 Å². The lowest BCUT2D eigenvalue weighted by Crippen LogP contribution is -2.14. The second-order valence-corrected chi connectivity index (χ2v) is 12.4. The van der Waals surface area contributed by atoms with Gasteiger partial charge in [0, 0.05) is 22.1 Å². The fourth-order valence-electron chi connectivity index (χ4n) is 6.72. The average Bonchev–Trinajstić information content (AvgIpc) is 3.37. The Balaban J connectivity index is 1.26. The summed E-state index contributed by atoms with van der Waals surface area (Å²) in [5, 5.41) is 0. The summed E-state index contributed by atoms with van der Waals surface area (Å²) in [5.41, 5.74) is 12.6. The molecule has 0 unspecified atom stereocenters. The molecule has 0 saturated carbocycles. The maximum absolute atomic E-state index is 7.65. The molecule has 8 rings (SSSR count). The van der Waals surface area contributed by atoms with E-state index in [0.29, 0.717) is 23.2 Å². The van der Waals surface area contributed by atoms with Gasteiger partial charge in [-0.25, -0.2) is 19.8 Å². The van der Waals surface area contributed by atoms with Gasteiger partial charge in [-0.1, -0.05) is 147 Å². The summed E-state index contributed by atoms with van der Waals surface area (Å²) in [7, 11) is 0. The molecular weight excluding hydrogens is 573 g/mol. The van der Waals surface area contributed by atoms with Gasteiger partial charge in [-0.15, -0.1) is 0 Å². The molecule has 0 saturated heterocycles. The van der Waals surface area contributed by atoms with E-state index in [-0.39, 0.29) is 5.41 Å². The molecule has 1 aromatic heterocycles. The van der Waals surface area contributed by atoms with Crippen LogP contribution in [0.1, 0.15) is 25.0 Å². The maximum Gasteiger partial charge on any atom is 0.187 e. The molecule has 222 valence electrons. The molecule has 0 amide bonds. The summed E-state index contributed by atoms with van der Waals surface area (Å²) in [6.07, 6.45) is 0. The van der Waals surface area contributed by atoms with Crippen molar-refractivity contribution in [2.45, 2.75) is 19.3 Å². The van der Waals surface area contributed by atoms with Crippen molar-refractivity contribution in [3.63, 3.8) is 0 Å². The van der Waals surface area contributed by atoms with E-state index in [1.165, 1.54) is 22.3 Å². The third-order valence-electron chi connectivity index (χ3n) is 9.16. The quantitative estimate of drug-likeness (QED) is 0.184. The molecule has 0 bridgehead atoms. The summed E-state index contributed by atoms with van der Waals surface area (Å²) < 4.78 is 0. The molecule has 6 aromatic carbocycles. The molecule has 0 aliphatic heterocycles. The Kier molecular flexibility index (Phi) is 6.82. The molecule has 0 fully saturated rings. The smallest absolute Gasteiger partial charge is 0.187 e. The number of hydrogen-bond acceptors (Lipinski definition) is 3. The first-order chi connectivity index (χ1) is 23.0. The third-order valence-corrected chi connectivity index (χ3v) is 9.16. The van der Waals surface area contributed by atoms with Gasteiger partial charge in [-0.2, -0.15) is 0 Å². The molecule has 0 spiro atoms. The van der Waals surface area contributed by atoms with E-state index in [9.17, 15) is 0 Å². The van der Waals surface area contributed by atoms with Crippen molar-refractivity contribution in [3.05, 3.63) is 168 Å². The van der Waals surface area contributed by atoms with Crippen LogP contribution in [0, 0.1) is 6.57 Å². The summed E-state index contributed by atoms with van der Waals surface area (Å²) in [6, 6.07) is 49.9. The number of fused-ring (bicyclic) bond motifs is 3. The number of hydrogen-bond donors (Lipinski definition) is 0. The van der Waals surface area contributed by atoms with Crippen LogP contribution in [0.4, 0.5) is 5.69 Å². The van der Waals surface area contributed by atoms with Gasteiger partial charge in [-0.3, -0.25) is 0 Å². The van der Waals surface area contributed by atoms with E-state index in [1.807, 2.05) is 48.5 Å². The van der Waals surface area contributed by atoms with E-state index in [2.05, 4.69) is 116 Å².